The third-order valence-electron chi connectivity index (χ3n) is 3.39. The van der Waals surface area contributed by atoms with Gasteiger partial charge in [0.2, 0.25) is 10.0 Å². The lowest BCUT2D eigenvalue weighted by Gasteiger charge is -2.38. The van der Waals surface area contributed by atoms with E-state index < -0.39 is 21.4 Å². The zero-order valence-electron chi connectivity index (χ0n) is 11.3. The normalized spacial score (nSPS) is 24.3. The highest BCUT2D eigenvalue weighted by Gasteiger charge is 2.37. The number of hydrogen-bond donors (Lipinski definition) is 1. The molecule has 108 valence electrons. The zero-order valence-corrected chi connectivity index (χ0v) is 12.1. The summed E-state index contributed by atoms with van der Waals surface area (Å²) in [7, 11) is -3.89. The van der Waals surface area contributed by atoms with Crippen LogP contribution in [0.5, 0.6) is 0 Å². The van der Waals surface area contributed by atoms with E-state index in [1.165, 1.54) is 16.4 Å². The maximum Gasteiger partial charge on any atom is 0.245 e. The monoisotopic (exact) mass is 297 g/mol. The van der Waals surface area contributed by atoms with E-state index in [0.717, 1.165) is 6.07 Å². The van der Waals surface area contributed by atoms with Crippen LogP contribution in [0.1, 0.15) is 19.4 Å². The van der Waals surface area contributed by atoms with Crippen LogP contribution in [0.3, 0.4) is 0 Å². The number of halogens is 1. The first-order valence-corrected chi connectivity index (χ1v) is 7.76. The number of piperazine rings is 1. The Hall–Kier alpha value is -1.49. The average Bonchev–Trinajstić information content (AvgIpc) is 2.37. The molecule has 0 saturated carbocycles. The summed E-state index contributed by atoms with van der Waals surface area (Å²) in [5, 5.41) is 12.1. The van der Waals surface area contributed by atoms with Crippen LogP contribution in [0.15, 0.2) is 23.1 Å². The molecule has 1 heterocycles. The van der Waals surface area contributed by atoms with Crippen molar-refractivity contribution < 1.29 is 12.8 Å². The first kappa shape index (κ1) is 14.9. The minimum Gasteiger partial charge on any atom is -0.314 e. The van der Waals surface area contributed by atoms with E-state index in [9.17, 15) is 12.8 Å². The number of nitriles is 1. The van der Waals surface area contributed by atoms with Crippen LogP contribution in [0.2, 0.25) is 0 Å². The van der Waals surface area contributed by atoms with Crippen molar-refractivity contribution in [2.45, 2.75) is 30.8 Å². The van der Waals surface area contributed by atoms with E-state index >= 15 is 0 Å². The predicted octanol–water partition coefficient (Wildman–Crippen LogP) is 1.07. The van der Waals surface area contributed by atoms with Gasteiger partial charge in [0.1, 0.15) is 22.3 Å². The molecule has 5 nitrogen and oxygen atoms in total. The number of rotatable bonds is 2. The highest BCUT2D eigenvalue weighted by Crippen LogP contribution is 2.26. The molecular weight excluding hydrogens is 281 g/mol. The molecule has 0 radical (unpaired) electrons. The molecule has 2 unspecified atom stereocenters. The molecule has 0 amide bonds. The number of hydrogen-bond acceptors (Lipinski definition) is 4. The third kappa shape index (κ3) is 2.42. The van der Waals surface area contributed by atoms with Crippen molar-refractivity contribution in [3.63, 3.8) is 0 Å². The fraction of sp³-hybridized carbons (Fsp3) is 0.462. The molecule has 1 N–H and O–H groups in total. The zero-order chi connectivity index (χ0) is 14.9. The summed E-state index contributed by atoms with van der Waals surface area (Å²) in [6.07, 6.45) is 0. The largest absolute Gasteiger partial charge is 0.314 e. The molecule has 1 aromatic rings. The Balaban J connectivity index is 2.56. The quantitative estimate of drug-likeness (QED) is 0.886. The summed E-state index contributed by atoms with van der Waals surface area (Å²) in [6.45, 7) is 4.62. The summed E-state index contributed by atoms with van der Waals surface area (Å²) < 4.78 is 40.4. The van der Waals surface area contributed by atoms with Crippen LogP contribution in [-0.4, -0.2) is 37.9 Å². The van der Waals surface area contributed by atoms with Gasteiger partial charge in [-0.2, -0.15) is 9.57 Å². The van der Waals surface area contributed by atoms with E-state index in [-0.39, 0.29) is 17.0 Å². The Morgan fingerprint density at radius 2 is 1.95 bits per heavy atom. The standard InChI is InChI=1S/C13H16FN3O2S/c1-9-7-16-8-10(2)17(9)20(18,19)13-5-3-4-12(14)11(13)6-15/h3-5,9-10,16H,7-8H2,1-2H3. The molecule has 7 heteroatoms. The second-order valence-electron chi connectivity index (χ2n) is 4.92. The lowest BCUT2D eigenvalue weighted by molar-refractivity contribution is 0.220. The van der Waals surface area contributed by atoms with Crippen molar-refractivity contribution in [1.82, 2.24) is 9.62 Å². The van der Waals surface area contributed by atoms with E-state index in [4.69, 9.17) is 5.26 Å². The first-order valence-electron chi connectivity index (χ1n) is 6.32. The fourth-order valence-corrected chi connectivity index (χ4v) is 4.51. The van der Waals surface area contributed by atoms with Crippen LogP contribution >= 0.6 is 0 Å². The van der Waals surface area contributed by atoms with E-state index in [0.29, 0.717) is 13.1 Å². The molecule has 0 bridgehead atoms. The molecule has 1 fully saturated rings. The minimum atomic E-state index is -3.89. The Labute approximate surface area is 118 Å². The number of sulfonamides is 1. The van der Waals surface area contributed by atoms with Crippen LogP contribution in [0, 0.1) is 17.1 Å². The van der Waals surface area contributed by atoms with Gasteiger partial charge in [-0.3, -0.25) is 0 Å². The molecule has 0 aliphatic carbocycles. The molecule has 1 aromatic carbocycles. The average molecular weight is 297 g/mol. The van der Waals surface area contributed by atoms with Crippen molar-refractivity contribution in [2.24, 2.45) is 0 Å². The summed E-state index contributed by atoms with van der Waals surface area (Å²) in [5.74, 6) is -0.816. The summed E-state index contributed by atoms with van der Waals surface area (Å²) in [6, 6.07) is 4.81. The molecule has 20 heavy (non-hydrogen) atoms. The smallest absolute Gasteiger partial charge is 0.245 e. The van der Waals surface area contributed by atoms with Gasteiger partial charge in [-0.1, -0.05) is 6.07 Å². The van der Waals surface area contributed by atoms with E-state index in [2.05, 4.69) is 5.32 Å². The van der Waals surface area contributed by atoms with Gasteiger partial charge in [-0.15, -0.1) is 0 Å². The minimum absolute atomic E-state index is 0.251. The highest BCUT2D eigenvalue weighted by molar-refractivity contribution is 7.89. The molecule has 2 rings (SSSR count). The molecule has 1 aliphatic rings. The number of nitrogens with one attached hydrogen (secondary N) is 1. The predicted molar refractivity (Wildman–Crippen MR) is 71.9 cm³/mol. The van der Waals surface area contributed by atoms with Gasteiger partial charge in [0.15, 0.2) is 0 Å². The number of nitrogens with zero attached hydrogens (tertiary/aromatic N) is 2. The Morgan fingerprint density at radius 3 is 2.50 bits per heavy atom. The van der Waals surface area contributed by atoms with Crippen molar-refractivity contribution in [3.05, 3.63) is 29.6 Å². The molecule has 0 spiro atoms. The lowest BCUT2D eigenvalue weighted by Crippen LogP contribution is -2.57. The van der Waals surface area contributed by atoms with Gasteiger partial charge in [0.25, 0.3) is 0 Å². The highest BCUT2D eigenvalue weighted by atomic mass is 32.2. The maximum atomic E-state index is 13.6. The second-order valence-corrected chi connectivity index (χ2v) is 6.73. The van der Waals surface area contributed by atoms with Gasteiger partial charge in [-0.05, 0) is 26.0 Å². The SMILES string of the molecule is CC1CNCC(C)N1S(=O)(=O)c1cccc(F)c1C#N. The van der Waals surface area contributed by atoms with Gasteiger partial charge in [0, 0.05) is 25.2 Å². The van der Waals surface area contributed by atoms with Gasteiger partial charge < -0.3 is 5.32 Å². The third-order valence-corrected chi connectivity index (χ3v) is 5.56. The Bertz CT molecular complexity index is 644. The van der Waals surface area contributed by atoms with E-state index in [1.54, 1.807) is 19.9 Å². The molecular formula is C13H16FN3O2S. The van der Waals surface area contributed by atoms with Crippen LogP contribution < -0.4 is 5.32 Å². The summed E-state index contributed by atoms with van der Waals surface area (Å²) in [4.78, 5) is -0.263. The van der Waals surface area contributed by atoms with Crippen molar-refractivity contribution in [1.29, 1.82) is 5.26 Å². The van der Waals surface area contributed by atoms with E-state index in [1.807, 2.05) is 0 Å². The van der Waals surface area contributed by atoms with Crippen molar-refractivity contribution >= 4 is 10.0 Å². The van der Waals surface area contributed by atoms with Gasteiger partial charge in [0.05, 0.1) is 0 Å². The topological polar surface area (TPSA) is 73.2 Å². The maximum absolute atomic E-state index is 13.6. The second kappa shape index (κ2) is 5.48. The van der Waals surface area contributed by atoms with Crippen LogP contribution in [0.25, 0.3) is 0 Å². The molecule has 1 saturated heterocycles. The fourth-order valence-electron chi connectivity index (χ4n) is 2.53. The van der Waals surface area contributed by atoms with Crippen molar-refractivity contribution in [2.75, 3.05) is 13.1 Å². The van der Waals surface area contributed by atoms with Gasteiger partial charge >= 0.3 is 0 Å². The summed E-state index contributed by atoms with van der Waals surface area (Å²) in [5.41, 5.74) is -0.426. The van der Waals surface area contributed by atoms with Crippen LogP contribution in [-0.2, 0) is 10.0 Å². The first-order chi connectivity index (χ1) is 9.39. The number of benzene rings is 1. The molecule has 0 aromatic heterocycles. The lowest BCUT2D eigenvalue weighted by atomic mass is 10.2. The van der Waals surface area contributed by atoms with Crippen molar-refractivity contribution in [3.8, 4) is 6.07 Å². The Morgan fingerprint density at radius 1 is 1.35 bits per heavy atom. The molecule has 1 aliphatic heterocycles. The molecule has 2 atom stereocenters. The van der Waals surface area contributed by atoms with Gasteiger partial charge in [-0.25, -0.2) is 12.8 Å². The Kier molecular flexibility index (Phi) is 4.09. The summed E-state index contributed by atoms with van der Waals surface area (Å²) >= 11 is 0. The van der Waals surface area contributed by atoms with Crippen LogP contribution in [0.4, 0.5) is 4.39 Å².